The molecule has 0 unspecified atom stereocenters. The molecule has 0 aliphatic carbocycles. The summed E-state index contributed by atoms with van der Waals surface area (Å²) in [6.45, 7) is 0. The normalized spacial score (nSPS) is 11.9. The monoisotopic (exact) mass is 238 g/mol. The van der Waals surface area contributed by atoms with Gasteiger partial charge in [-0.3, -0.25) is 4.79 Å². The van der Waals surface area contributed by atoms with Crippen LogP contribution in [-0.2, 0) is 16.0 Å². The number of aromatic carboxylic acids is 1. The second-order valence-electron chi connectivity index (χ2n) is 3.56. The SMILES string of the molecule is COC(=O)[C@@H](N)Cc1ccc(N)c(C(=O)O)c1. The van der Waals surface area contributed by atoms with Crippen molar-refractivity contribution >= 4 is 17.6 Å². The van der Waals surface area contributed by atoms with Gasteiger partial charge in [0, 0.05) is 5.69 Å². The first-order chi connectivity index (χ1) is 7.95. The second kappa shape index (κ2) is 5.31. The molecule has 0 saturated heterocycles. The van der Waals surface area contributed by atoms with Gasteiger partial charge in [-0.1, -0.05) is 6.07 Å². The summed E-state index contributed by atoms with van der Waals surface area (Å²) >= 11 is 0. The molecular formula is C11H14N2O4. The van der Waals surface area contributed by atoms with E-state index in [0.717, 1.165) is 0 Å². The first kappa shape index (κ1) is 13.0. The first-order valence-corrected chi connectivity index (χ1v) is 4.90. The maximum Gasteiger partial charge on any atom is 0.337 e. The zero-order valence-corrected chi connectivity index (χ0v) is 9.34. The molecule has 0 heterocycles. The smallest absolute Gasteiger partial charge is 0.337 e. The van der Waals surface area contributed by atoms with Crippen LogP contribution in [0.4, 0.5) is 5.69 Å². The van der Waals surface area contributed by atoms with Crippen molar-refractivity contribution < 1.29 is 19.4 Å². The van der Waals surface area contributed by atoms with Crippen LogP contribution in [0.25, 0.3) is 0 Å². The summed E-state index contributed by atoms with van der Waals surface area (Å²) in [7, 11) is 1.24. The van der Waals surface area contributed by atoms with E-state index in [4.69, 9.17) is 16.6 Å². The number of ether oxygens (including phenoxy) is 1. The van der Waals surface area contributed by atoms with Crippen LogP contribution >= 0.6 is 0 Å². The van der Waals surface area contributed by atoms with Crippen LogP contribution in [-0.4, -0.2) is 30.2 Å². The van der Waals surface area contributed by atoms with E-state index in [0.29, 0.717) is 5.56 Å². The quantitative estimate of drug-likeness (QED) is 0.502. The van der Waals surface area contributed by atoms with E-state index in [2.05, 4.69) is 4.74 Å². The average Bonchev–Trinajstić information content (AvgIpc) is 2.30. The number of nitrogen functional groups attached to an aromatic ring is 1. The summed E-state index contributed by atoms with van der Waals surface area (Å²) in [5.41, 5.74) is 11.9. The number of carbonyl (C=O) groups is 2. The van der Waals surface area contributed by atoms with E-state index in [1.807, 2.05) is 0 Å². The number of methoxy groups -OCH3 is 1. The zero-order valence-electron chi connectivity index (χ0n) is 9.34. The van der Waals surface area contributed by atoms with Gasteiger partial charge in [-0.25, -0.2) is 4.79 Å². The molecular weight excluding hydrogens is 224 g/mol. The lowest BCUT2D eigenvalue weighted by Crippen LogP contribution is -2.33. The van der Waals surface area contributed by atoms with Gasteiger partial charge in [0.25, 0.3) is 0 Å². The van der Waals surface area contributed by atoms with Gasteiger partial charge in [-0.15, -0.1) is 0 Å². The van der Waals surface area contributed by atoms with Gasteiger partial charge < -0.3 is 21.3 Å². The maximum absolute atomic E-state index is 11.1. The van der Waals surface area contributed by atoms with Crippen molar-refractivity contribution in [2.24, 2.45) is 5.73 Å². The lowest BCUT2D eigenvalue weighted by atomic mass is 10.0. The van der Waals surface area contributed by atoms with Gasteiger partial charge in [0.2, 0.25) is 0 Å². The Morgan fingerprint density at radius 2 is 2.12 bits per heavy atom. The minimum Gasteiger partial charge on any atom is -0.478 e. The number of carboxylic acid groups (broad SMARTS) is 1. The van der Waals surface area contributed by atoms with Crippen molar-refractivity contribution in [2.45, 2.75) is 12.5 Å². The molecule has 6 heteroatoms. The number of anilines is 1. The summed E-state index contributed by atoms with van der Waals surface area (Å²) < 4.78 is 4.48. The molecule has 1 rings (SSSR count). The number of nitrogens with two attached hydrogens (primary N) is 2. The molecule has 0 radical (unpaired) electrons. The third-order valence-electron chi connectivity index (χ3n) is 2.31. The van der Waals surface area contributed by atoms with Crippen molar-refractivity contribution in [3.8, 4) is 0 Å². The maximum atomic E-state index is 11.1. The number of hydrogen-bond donors (Lipinski definition) is 3. The third kappa shape index (κ3) is 3.18. The average molecular weight is 238 g/mol. The Morgan fingerprint density at radius 3 is 2.65 bits per heavy atom. The summed E-state index contributed by atoms with van der Waals surface area (Å²) in [4.78, 5) is 22.0. The van der Waals surface area contributed by atoms with Crippen molar-refractivity contribution in [1.82, 2.24) is 0 Å². The van der Waals surface area contributed by atoms with Gasteiger partial charge in [0.05, 0.1) is 12.7 Å². The van der Waals surface area contributed by atoms with Gasteiger partial charge in [0.1, 0.15) is 6.04 Å². The molecule has 0 amide bonds. The molecule has 1 atom stereocenters. The molecule has 0 aliphatic rings. The molecule has 92 valence electrons. The molecule has 0 saturated carbocycles. The summed E-state index contributed by atoms with van der Waals surface area (Å²) in [6, 6.07) is 3.69. The van der Waals surface area contributed by atoms with Gasteiger partial charge in [0.15, 0.2) is 0 Å². The molecule has 1 aromatic rings. The molecule has 0 spiro atoms. The van der Waals surface area contributed by atoms with E-state index in [1.54, 1.807) is 6.07 Å². The van der Waals surface area contributed by atoms with E-state index in [-0.39, 0.29) is 17.7 Å². The summed E-state index contributed by atoms with van der Waals surface area (Å²) in [6.07, 6.45) is 0.202. The largest absolute Gasteiger partial charge is 0.478 e. The highest BCUT2D eigenvalue weighted by Crippen LogP contribution is 2.15. The van der Waals surface area contributed by atoms with Gasteiger partial charge in [-0.2, -0.15) is 0 Å². The molecule has 5 N–H and O–H groups in total. The Bertz CT molecular complexity index is 445. The molecule has 17 heavy (non-hydrogen) atoms. The summed E-state index contributed by atoms with van der Waals surface area (Å²) in [5.74, 6) is -1.66. The van der Waals surface area contributed by atoms with Crippen LogP contribution in [0.15, 0.2) is 18.2 Å². The van der Waals surface area contributed by atoms with E-state index >= 15 is 0 Å². The number of carboxylic acids is 1. The predicted octanol–water partition coefficient (Wildman–Crippen LogP) is 0.00980. The topological polar surface area (TPSA) is 116 Å². The molecule has 0 aromatic heterocycles. The Kier molecular flexibility index (Phi) is 4.06. The highest BCUT2D eigenvalue weighted by Gasteiger charge is 2.16. The molecule has 0 fully saturated rings. The molecule has 0 bridgehead atoms. The van der Waals surface area contributed by atoms with Crippen LogP contribution in [0.1, 0.15) is 15.9 Å². The minimum atomic E-state index is -1.11. The number of benzene rings is 1. The number of rotatable bonds is 4. The zero-order chi connectivity index (χ0) is 13.0. The Balaban J connectivity index is 2.90. The van der Waals surface area contributed by atoms with Crippen LogP contribution < -0.4 is 11.5 Å². The highest BCUT2D eigenvalue weighted by molar-refractivity contribution is 5.93. The Morgan fingerprint density at radius 1 is 1.47 bits per heavy atom. The third-order valence-corrected chi connectivity index (χ3v) is 2.31. The lowest BCUT2D eigenvalue weighted by Gasteiger charge is -2.10. The number of carbonyl (C=O) groups excluding carboxylic acids is 1. The van der Waals surface area contributed by atoms with Crippen LogP contribution in [0, 0.1) is 0 Å². The number of esters is 1. The number of hydrogen-bond acceptors (Lipinski definition) is 5. The van der Waals surface area contributed by atoms with Crippen LogP contribution in [0.5, 0.6) is 0 Å². The second-order valence-corrected chi connectivity index (χ2v) is 3.56. The highest BCUT2D eigenvalue weighted by atomic mass is 16.5. The standard InChI is InChI=1S/C11H14N2O4/c1-17-11(16)9(13)5-6-2-3-8(12)7(4-6)10(14)15/h2-4,9H,5,12-13H2,1H3,(H,14,15)/t9-/m0/s1. The van der Waals surface area contributed by atoms with Gasteiger partial charge in [-0.05, 0) is 24.1 Å². The van der Waals surface area contributed by atoms with Crippen molar-refractivity contribution in [3.63, 3.8) is 0 Å². The van der Waals surface area contributed by atoms with Crippen LogP contribution in [0.3, 0.4) is 0 Å². The fraction of sp³-hybridized carbons (Fsp3) is 0.273. The fourth-order valence-corrected chi connectivity index (χ4v) is 1.40. The van der Waals surface area contributed by atoms with E-state index < -0.39 is 18.0 Å². The van der Waals surface area contributed by atoms with Crippen molar-refractivity contribution in [3.05, 3.63) is 29.3 Å². The minimum absolute atomic E-state index is 0.000402. The van der Waals surface area contributed by atoms with Crippen molar-refractivity contribution in [2.75, 3.05) is 12.8 Å². The van der Waals surface area contributed by atoms with Gasteiger partial charge >= 0.3 is 11.9 Å². The fourth-order valence-electron chi connectivity index (χ4n) is 1.40. The lowest BCUT2D eigenvalue weighted by molar-refractivity contribution is -0.142. The van der Waals surface area contributed by atoms with Crippen molar-refractivity contribution in [1.29, 1.82) is 0 Å². The molecule has 0 aliphatic heterocycles. The first-order valence-electron chi connectivity index (χ1n) is 4.90. The summed E-state index contributed by atoms with van der Waals surface area (Å²) in [5, 5.41) is 8.88. The van der Waals surface area contributed by atoms with Crippen LogP contribution in [0.2, 0.25) is 0 Å². The molecule has 6 nitrogen and oxygen atoms in total. The van der Waals surface area contributed by atoms with E-state index in [9.17, 15) is 9.59 Å². The van der Waals surface area contributed by atoms with E-state index in [1.165, 1.54) is 19.2 Å². The Hall–Kier alpha value is -2.08. The predicted molar refractivity (Wildman–Crippen MR) is 61.5 cm³/mol. The Labute approximate surface area is 98.2 Å². The molecule has 1 aromatic carbocycles.